The van der Waals surface area contributed by atoms with Gasteiger partial charge in [-0.15, -0.1) is 0 Å². The molecule has 0 bridgehead atoms. The number of hydrogen-bond acceptors (Lipinski definition) is 11. The number of benzene rings is 4. The summed E-state index contributed by atoms with van der Waals surface area (Å²) in [5, 5.41) is 3.25. The first-order valence-corrected chi connectivity index (χ1v) is 15.8. The van der Waals surface area contributed by atoms with Crippen molar-refractivity contribution in [2.45, 2.75) is 0 Å². The second kappa shape index (κ2) is 14.1. The van der Waals surface area contributed by atoms with Crippen molar-refractivity contribution in [2.75, 3.05) is 48.4 Å². The van der Waals surface area contributed by atoms with Crippen molar-refractivity contribution < 1.29 is 47.5 Å². The van der Waals surface area contributed by atoms with E-state index in [1.807, 2.05) is 36.4 Å². The molecular formula is C38H33N3O10. The number of fused-ring (bicyclic) bond motifs is 6. The van der Waals surface area contributed by atoms with E-state index < -0.39 is 12.2 Å². The molecule has 0 spiro atoms. The third-order valence-electron chi connectivity index (χ3n) is 8.40. The molecule has 3 heterocycles. The van der Waals surface area contributed by atoms with Gasteiger partial charge in [0, 0.05) is 27.6 Å². The second-order valence-electron chi connectivity index (χ2n) is 11.2. The Bertz CT molecular complexity index is 2290. The van der Waals surface area contributed by atoms with E-state index in [1.54, 1.807) is 70.9 Å². The average molecular weight is 692 g/mol. The largest absolute Gasteiger partial charge is 0.497 e. The summed E-state index contributed by atoms with van der Waals surface area (Å²) in [5.41, 5.74) is 2.61. The zero-order valence-electron chi connectivity index (χ0n) is 28.2. The Morgan fingerprint density at radius 2 is 0.882 bits per heavy atom. The topological polar surface area (TPSA) is 131 Å². The van der Waals surface area contributed by atoms with Crippen molar-refractivity contribution in [1.82, 2.24) is 14.1 Å². The smallest absolute Gasteiger partial charge is 0.421 e. The SMILES string of the molecule is COc1ccc2c(c1)c1cc(OC)ccc1n2C(=O)OCCOc1cncc(OCOC(=O)n2c3ccc(OC)cc3c3cc(OC)ccc32)c1. The highest BCUT2D eigenvalue weighted by Crippen LogP contribution is 2.35. The van der Waals surface area contributed by atoms with Crippen LogP contribution in [0.5, 0.6) is 34.5 Å². The molecule has 0 radical (unpaired) electrons. The molecule has 0 amide bonds. The molecule has 0 aliphatic rings. The van der Waals surface area contributed by atoms with E-state index in [0.29, 0.717) is 56.6 Å². The minimum absolute atomic E-state index is 0.0362. The zero-order valence-corrected chi connectivity index (χ0v) is 28.2. The molecule has 0 aliphatic heterocycles. The minimum Gasteiger partial charge on any atom is -0.497 e. The molecule has 260 valence electrons. The van der Waals surface area contributed by atoms with Crippen molar-refractivity contribution in [1.29, 1.82) is 0 Å². The van der Waals surface area contributed by atoms with Gasteiger partial charge in [0.15, 0.2) is 0 Å². The monoisotopic (exact) mass is 691 g/mol. The van der Waals surface area contributed by atoms with Gasteiger partial charge >= 0.3 is 12.2 Å². The molecule has 0 atom stereocenters. The lowest BCUT2D eigenvalue weighted by molar-refractivity contribution is 0.0611. The average Bonchev–Trinajstić information content (AvgIpc) is 3.67. The van der Waals surface area contributed by atoms with E-state index in [9.17, 15) is 9.59 Å². The third kappa shape index (κ3) is 6.32. The molecule has 4 aromatic carbocycles. The van der Waals surface area contributed by atoms with Gasteiger partial charge in [0.25, 0.3) is 0 Å². The van der Waals surface area contributed by atoms with Crippen LogP contribution in [0.25, 0.3) is 43.6 Å². The molecule has 7 aromatic rings. The quantitative estimate of drug-likeness (QED) is 0.0992. The molecule has 0 saturated heterocycles. The van der Waals surface area contributed by atoms with Crippen LogP contribution in [0.1, 0.15) is 0 Å². The molecule has 13 heteroatoms. The fourth-order valence-electron chi connectivity index (χ4n) is 5.99. The highest BCUT2D eigenvalue weighted by atomic mass is 16.7. The van der Waals surface area contributed by atoms with E-state index >= 15 is 0 Å². The van der Waals surface area contributed by atoms with Gasteiger partial charge in [0.05, 0.1) is 62.9 Å². The number of nitrogens with zero attached hydrogens (tertiary/aromatic N) is 3. The molecule has 3 aromatic heterocycles. The van der Waals surface area contributed by atoms with Gasteiger partial charge in [-0.2, -0.15) is 0 Å². The van der Waals surface area contributed by atoms with E-state index in [0.717, 1.165) is 21.5 Å². The molecule has 7 rings (SSSR count). The van der Waals surface area contributed by atoms with Crippen molar-refractivity contribution in [3.05, 3.63) is 91.3 Å². The Labute approximate surface area is 291 Å². The Balaban J connectivity index is 0.977. The number of methoxy groups -OCH3 is 4. The summed E-state index contributed by atoms with van der Waals surface area (Å²) in [7, 11) is 6.35. The first-order chi connectivity index (χ1) is 24.9. The summed E-state index contributed by atoms with van der Waals surface area (Å²) in [6.07, 6.45) is 1.77. The van der Waals surface area contributed by atoms with Gasteiger partial charge in [-0.05, 0) is 72.8 Å². The Morgan fingerprint density at radius 3 is 1.29 bits per heavy atom. The Morgan fingerprint density at radius 1 is 0.490 bits per heavy atom. The van der Waals surface area contributed by atoms with Crippen molar-refractivity contribution in [2.24, 2.45) is 0 Å². The first kappa shape index (κ1) is 32.9. The predicted octanol–water partition coefficient (Wildman–Crippen LogP) is 7.42. The fraction of sp³-hybridized carbons (Fsp3) is 0.184. The van der Waals surface area contributed by atoms with Crippen LogP contribution in [0.4, 0.5) is 9.59 Å². The number of pyridine rings is 1. The van der Waals surface area contributed by atoms with Crippen LogP contribution in [-0.2, 0) is 9.47 Å². The van der Waals surface area contributed by atoms with E-state index in [1.165, 1.54) is 21.5 Å². The van der Waals surface area contributed by atoms with Crippen molar-refractivity contribution in [3.63, 3.8) is 0 Å². The van der Waals surface area contributed by atoms with Gasteiger partial charge in [-0.1, -0.05) is 0 Å². The van der Waals surface area contributed by atoms with Gasteiger partial charge < -0.3 is 37.9 Å². The maximum atomic E-state index is 13.3. The molecule has 0 aliphatic carbocycles. The lowest BCUT2D eigenvalue weighted by Gasteiger charge is -2.11. The third-order valence-corrected chi connectivity index (χ3v) is 8.40. The van der Waals surface area contributed by atoms with E-state index in [2.05, 4.69) is 4.98 Å². The Hall–Kier alpha value is -6.63. The number of aromatic nitrogens is 3. The summed E-state index contributed by atoms with van der Waals surface area (Å²) in [6.45, 7) is -0.370. The van der Waals surface area contributed by atoms with Crippen LogP contribution < -0.4 is 28.4 Å². The van der Waals surface area contributed by atoms with E-state index in [-0.39, 0.29) is 20.0 Å². The highest BCUT2D eigenvalue weighted by molar-refractivity contribution is 6.14. The number of rotatable bonds is 11. The molecule has 51 heavy (non-hydrogen) atoms. The zero-order chi connectivity index (χ0) is 35.5. The van der Waals surface area contributed by atoms with Crippen LogP contribution in [0.3, 0.4) is 0 Å². The molecular weight excluding hydrogens is 658 g/mol. The van der Waals surface area contributed by atoms with Crippen LogP contribution in [0.15, 0.2) is 91.3 Å². The van der Waals surface area contributed by atoms with Gasteiger partial charge in [-0.3, -0.25) is 4.98 Å². The van der Waals surface area contributed by atoms with Gasteiger partial charge in [-0.25, -0.2) is 18.7 Å². The molecule has 0 saturated carbocycles. The molecule has 0 fully saturated rings. The van der Waals surface area contributed by atoms with Gasteiger partial charge in [0.2, 0.25) is 6.79 Å². The standard InChI is InChI=1S/C38H33N3O10/c1-44-23-5-9-33-29(16-23)30-17-24(45-2)6-10-34(30)40(33)37(42)49-14-13-48-27-15-28(21-39-20-27)50-22-51-38(43)41-35-11-7-25(46-3)18-31(35)32-19-26(47-4)8-12-36(32)41/h5-12,15-21H,13-14,22H2,1-4H3. The summed E-state index contributed by atoms with van der Waals surface area (Å²) in [5.74, 6) is 3.31. The number of ether oxygens (including phenoxy) is 8. The lowest BCUT2D eigenvalue weighted by atomic mass is 10.1. The van der Waals surface area contributed by atoms with Crippen LogP contribution in [-0.4, -0.2) is 74.8 Å². The second-order valence-corrected chi connectivity index (χ2v) is 11.2. The number of carbonyl (C=O) groups excluding carboxylic acids is 2. The predicted molar refractivity (Wildman–Crippen MR) is 189 cm³/mol. The number of hydrogen-bond donors (Lipinski definition) is 0. The van der Waals surface area contributed by atoms with Gasteiger partial charge in [0.1, 0.15) is 47.7 Å². The summed E-state index contributed by atoms with van der Waals surface area (Å²) < 4.78 is 47.1. The minimum atomic E-state index is -0.631. The van der Waals surface area contributed by atoms with Crippen LogP contribution in [0.2, 0.25) is 0 Å². The summed E-state index contributed by atoms with van der Waals surface area (Å²) in [6, 6.07) is 23.4. The number of carbonyl (C=O) groups is 2. The maximum absolute atomic E-state index is 13.3. The summed E-state index contributed by atoms with van der Waals surface area (Å²) >= 11 is 0. The lowest BCUT2D eigenvalue weighted by Crippen LogP contribution is -2.17. The van der Waals surface area contributed by atoms with Crippen LogP contribution >= 0.6 is 0 Å². The first-order valence-electron chi connectivity index (χ1n) is 15.8. The molecule has 0 N–H and O–H groups in total. The maximum Gasteiger partial charge on any atom is 0.421 e. The Kier molecular flexibility index (Phi) is 9.08. The van der Waals surface area contributed by atoms with Crippen molar-refractivity contribution in [3.8, 4) is 34.5 Å². The van der Waals surface area contributed by atoms with Crippen molar-refractivity contribution >= 4 is 55.8 Å². The van der Waals surface area contributed by atoms with E-state index in [4.69, 9.17) is 37.9 Å². The summed E-state index contributed by atoms with van der Waals surface area (Å²) in [4.78, 5) is 30.8. The normalized spacial score (nSPS) is 11.1. The molecule has 13 nitrogen and oxygen atoms in total. The fourth-order valence-corrected chi connectivity index (χ4v) is 5.99. The molecule has 0 unspecified atom stereocenters. The van der Waals surface area contributed by atoms with Crippen LogP contribution in [0, 0.1) is 0 Å². The highest BCUT2D eigenvalue weighted by Gasteiger charge is 2.20.